The normalized spacial score (nSPS) is 13.3. The van der Waals surface area contributed by atoms with Crippen LogP contribution in [0.3, 0.4) is 0 Å². The van der Waals surface area contributed by atoms with Crippen molar-refractivity contribution in [2.24, 2.45) is 0 Å². The van der Waals surface area contributed by atoms with Crippen LogP contribution in [0.1, 0.15) is 44.0 Å². The fourth-order valence-corrected chi connectivity index (χ4v) is 3.24. The number of sulfonamides is 1. The Morgan fingerprint density at radius 1 is 1.00 bits per heavy atom. The molecule has 0 aliphatic rings. The van der Waals surface area contributed by atoms with E-state index in [1.165, 1.54) is 0 Å². The predicted molar refractivity (Wildman–Crippen MR) is 83.5 cm³/mol. The van der Waals surface area contributed by atoms with Crippen molar-refractivity contribution in [3.63, 3.8) is 0 Å². The fraction of sp³-hybridized carbons (Fsp3) is 0.312. The van der Waals surface area contributed by atoms with E-state index >= 15 is 0 Å². The average molecular weight is 304 g/mol. The van der Waals surface area contributed by atoms with Gasteiger partial charge in [0, 0.05) is 6.20 Å². The second kappa shape index (κ2) is 6.37. The molecule has 1 aromatic heterocycles. The van der Waals surface area contributed by atoms with E-state index in [9.17, 15) is 8.42 Å². The first-order valence-corrected chi connectivity index (χ1v) is 8.41. The van der Waals surface area contributed by atoms with Crippen molar-refractivity contribution in [3.8, 4) is 0 Å². The number of benzene rings is 1. The first-order valence-electron chi connectivity index (χ1n) is 6.93. The number of rotatable bonds is 5. The van der Waals surface area contributed by atoms with Crippen LogP contribution in [0.4, 0.5) is 0 Å². The Labute approximate surface area is 126 Å². The van der Waals surface area contributed by atoms with Gasteiger partial charge in [-0.25, -0.2) is 13.1 Å². The summed E-state index contributed by atoms with van der Waals surface area (Å²) in [6.07, 6.45) is 1.65. The highest BCUT2D eigenvalue weighted by molar-refractivity contribution is 7.89. The molecule has 4 nitrogen and oxygen atoms in total. The zero-order valence-electron chi connectivity index (χ0n) is 12.4. The summed E-state index contributed by atoms with van der Waals surface area (Å²) in [6.45, 7) is 5.93. The quantitative estimate of drug-likeness (QED) is 0.922. The molecule has 1 N–H and O–H groups in total. The minimum Gasteiger partial charge on any atom is -0.260 e. The topological polar surface area (TPSA) is 59.1 Å². The molecule has 5 heteroatoms. The van der Waals surface area contributed by atoms with Gasteiger partial charge in [0.25, 0.3) is 0 Å². The second-order valence-corrected chi connectivity index (χ2v) is 7.04. The summed E-state index contributed by atoms with van der Waals surface area (Å²) in [5, 5.41) is 0. The molecule has 0 bridgehead atoms. The van der Waals surface area contributed by atoms with Gasteiger partial charge in [0.15, 0.2) is 0 Å². The first-order chi connectivity index (χ1) is 9.90. The van der Waals surface area contributed by atoms with Crippen LogP contribution in [0.15, 0.2) is 53.6 Å². The lowest BCUT2D eigenvalue weighted by Crippen LogP contribution is -2.27. The van der Waals surface area contributed by atoms with E-state index in [0.717, 1.165) is 5.56 Å². The summed E-state index contributed by atoms with van der Waals surface area (Å²) in [4.78, 5) is 4.44. The maximum Gasteiger partial charge on any atom is 0.241 e. The molecule has 2 aromatic rings. The molecule has 0 amide bonds. The van der Waals surface area contributed by atoms with Gasteiger partial charge in [-0.3, -0.25) is 4.98 Å². The van der Waals surface area contributed by atoms with Crippen LogP contribution >= 0.6 is 0 Å². The van der Waals surface area contributed by atoms with E-state index in [1.54, 1.807) is 37.4 Å². The van der Waals surface area contributed by atoms with Gasteiger partial charge >= 0.3 is 0 Å². The molecule has 0 radical (unpaired) electrons. The second-order valence-electron chi connectivity index (χ2n) is 5.32. The molecule has 0 saturated heterocycles. The number of hydrogen-bond donors (Lipinski definition) is 1. The summed E-state index contributed by atoms with van der Waals surface area (Å²) < 4.78 is 27.4. The molecule has 1 aromatic carbocycles. The number of nitrogens with one attached hydrogen (secondary N) is 1. The van der Waals surface area contributed by atoms with E-state index < -0.39 is 10.0 Å². The van der Waals surface area contributed by atoms with E-state index in [2.05, 4.69) is 23.6 Å². The van der Waals surface area contributed by atoms with E-state index in [0.29, 0.717) is 11.6 Å². The van der Waals surface area contributed by atoms with Crippen LogP contribution in [0.2, 0.25) is 0 Å². The van der Waals surface area contributed by atoms with E-state index in [-0.39, 0.29) is 10.9 Å². The molecule has 0 saturated carbocycles. The molecule has 1 atom stereocenters. The summed E-state index contributed by atoms with van der Waals surface area (Å²) in [5.41, 5.74) is 1.81. The van der Waals surface area contributed by atoms with Crippen molar-refractivity contribution in [1.29, 1.82) is 0 Å². The van der Waals surface area contributed by atoms with Crippen LogP contribution in [0, 0.1) is 0 Å². The fourth-order valence-electron chi connectivity index (χ4n) is 2.03. The zero-order valence-corrected chi connectivity index (χ0v) is 13.3. The Kier molecular flexibility index (Phi) is 4.75. The number of pyridine rings is 1. The highest BCUT2D eigenvalue weighted by Gasteiger charge is 2.19. The molecule has 0 fully saturated rings. The van der Waals surface area contributed by atoms with Crippen LogP contribution in [0.5, 0.6) is 0 Å². The molecular formula is C16H20N2O2S. The van der Waals surface area contributed by atoms with E-state index in [4.69, 9.17) is 0 Å². The van der Waals surface area contributed by atoms with Crippen LogP contribution in [0.25, 0.3) is 0 Å². The minimum absolute atomic E-state index is 0.273. The molecule has 2 rings (SSSR count). The predicted octanol–water partition coefficient (Wildman–Crippen LogP) is 3.24. The molecule has 0 spiro atoms. The minimum atomic E-state index is -3.54. The summed E-state index contributed by atoms with van der Waals surface area (Å²) in [6, 6.07) is 12.1. The van der Waals surface area contributed by atoms with Gasteiger partial charge in [-0.2, -0.15) is 0 Å². The third-order valence-electron chi connectivity index (χ3n) is 3.32. The van der Waals surface area contributed by atoms with E-state index in [1.807, 2.05) is 18.2 Å². The van der Waals surface area contributed by atoms with Gasteiger partial charge in [-0.05, 0) is 42.7 Å². The molecule has 1 heterocycles. The van der Waals surface area contributed by atoms with Gasteiger partial charge in [-0.15, -0.1) is 0 Å². The monoisotopic (exact) mass is 304 g/mol. The van der Waals surface area contributed by atoms with Crippen molar-refractivity contribution in [1.82, 2.24) is 9.71 Å². The smallest absolute Gasteiger partial charge is 0.241 e. The Morgan fingerprint density at radius 3 is 2.19 bits per heavy atom. The maximum absolute atomic E-state index is 12.4. The Hall–Kier alpha value is -1.72. The van der Waals surface area contributed by atoms with Gasteiger partial charge in [-0.1, -0.05) is 32.0 Å². The summed E-state index contributed by atoms with van der Waals surface area (Å²) >= 11 is 0. The van der Waals surface area contributed by atoms with Gasteiger partial charge in [0.05, 0.1) is 16.6 Å². The van der Waals surface area contributed by atoms with Crippen LogP contribution < -0.4 is 4.72 Å². The summed E-state index contributed by atoms with van der Waals surface area (Å²) in [5.74, 6) is 0.377. The lowest BCUT2D eigenvalue weighted by molar-refractivity contribution is 0.564. The standard InChI is InChI=1S/C16H20N2O2S/c1-12(2)14-7-9-15(10-8-14)21(19,20)18-13(3)16-6-4-5-11-17-16/h4-13,18H,1-3H3. The van der Waals surface area contributed by atoms with Crippen molar-refractivity contribution in [2.45, 2.75) is 37.6 Å². The highest BCUT2D eigenvalue weighted by Crippen LogP contribution is 2.19. The van der Waals surface area contributed by atoms with Crippen molar-refractivity contribution >= 4 is 10.0 Å². The largest absolute Gasteiger partial charge is 0.260 e. The highest BCUT2D eigenvalue weighted by atomic mass is 32.2. The van der Waals surface area contributed by atoms with Gasteiger partial charge in [0.2, 0.25) is 10.0 Å². The van der Waals surface area contributed by atoms with Crippen LogP contribution in [-0.4, -0.2) is 13.4 Å². The zero-order chi connectivity index (χ0) is 15.5. The Morgan fingerprint density at radius 2 is 1.67 bits per heavy atom. The van der Waals surface area contributed by atoms with Crippen LogP contribution in [-0.2, 0) is 10.0 Å². The van der Waals surface area contributed by atoms with Crippen molar-refractivity contribution < 1.29 is 8.42 Å². The third-order valence-corrected chi connectivity index (χ3v) is 4.88. The summed E-state index contributed by atoms with van der Waals surface area (Å²) in [7, 11) is -3.54. The van der Waals surface area contributed by atoms with Gasteiger partial charge in [0.1, 0.15) is 0 Å². The lowest BCUT2D eigenvalue weighted by Gasteiger charge is -2.14. The van der Waals surface area contributed by atoms with Crippen molar-refractivity contribution in [2.75, 3.05) is 0 Å². The Balaban J connectivity index is 2.18. The lowest BCUT2D eigenvalue weighted by atomic mass is 10.0. The Bertz CT molecular complexity index is 680. The maximum atomic E-state index is 12.4. The van der Waals surface area contributed by atoms with Crippen molar-refractivity contribution in [3.05, 3.63) is 59.9 Å². The van der Waals surface area contributed by atoms with Gasteiger partial charge < -0.3 is 0 Å². The molecule has 21 heavy (non-hydrogen) atoms. The molecular weight excluding hydrogens is 284 g/mol. The molecule has 0 aliphatic heterocycles. The third kappa shape index (κ3) is 3.89. The molecule has 0 aliphatic carbocycles. The number of hydrogen-bond acceptors (Lipinski definition) is 3. The first kappa shape index (κ1) is 15.7. The number of aromatic nitrogens is 1. The molecule has 112 valence electrons. The number of nitrogens with zero attached hydrogens (tertiary/aromatic N) is 1. The average Bonchev–Trinajstić information content (AvgIpc) is 2.48. The SMILES string of the molecule is CC(C)c1ccc(S(=O)(=O)NC(C)c2ccccn2)cc1. The molecule has 1 unspecified atom stereocenters.